The Morgan fingerprint density at radius 2 is 2.29 bits per heavy atom. The van der Waals surface area contributed by atoms with Crippen molar-refractivity contribution in [2.24, 2.45) is 0 Å². The van der Waals surface area contributed by atoms with E-state index in [-0.39, 0.29) is 11.9 Å². The maximum absolute atomic E-state index is 13.1. The lowest BCUT2D eigenvalue weighted by Gasteiger charge is -2.13. The fourth-order valence-electron chi connectivity index (χ4n) is 2.14. The molecule has 17 heavy (non-hydrogen) atoms. The molecule has 0 amide bonds. The zero-order chi connectivity index (χ0) is 12.4. The van der Waals surface area contributed by atoms with Gasteiger partial charge in [0.2, 0.25) is 0 Å². The molecule has 0 radical (unpaired) electrons. The largest absolute Gasteiger partial charge is 0.480 e. The Kier molecular flexibility index (Phi) is 3.79. The molecule has 1 aromatic rings. The van der Waals surface area contributed by atoms with Crippen molar-refractivity contribution in [1.82, 2.24) is 5.32 Å². The highest BCUT2D eigenvalue weighted by Crippen LogP contribution is 2.23. The van der Waals surface area contributed by atoms with Crippen LogP contribution in [0, 0.1) is 5.82 Å². The van der Waals surface area contributed by atoms with Crippen molar-refractivity contribution in [3.8, 4) is 0 Å². The van der Waals surface area contributed by atoms with Crippen LogP contribution in [0.5, 0.6) is 0 Å². The van der Waals surface area contributed by atoms with Crippen molar-refractivity contribution in [3.63, 3.8) is 0 Å². The minimum Gasteiger partial charge on any atom is -0.480 e. The first-order valence-electron chi connectivity index (χ1n) is 5.49. The number of hydrogen-bond acceptors (Lipinski definition) is 2. The van der Waals surface area contributed by atoms with Gasteiger partial charge in [-0.05, 0) is 43.0 Å². The number of carboxylic acid groups (broad SMARTS) is 1. The van der Waals surface area contributed by atoms with Gasteiger partial charge in [0.25, 0.3) is 0 Å². The summed E-state index contributed by atoms with van der Waals surface area (Å²) < 4.78 is 14.0. The molecule has 1 saturated heterocycles. The van der Waals surface area contributed by atoms with Gasteiger partial charge in [-0.15, -0.1) is 0 Å². The second kappa shape index (κ2) is 5.14. The highest BCUT2D eigenvalue weighted by molar-refractivity contribution is 9.10. The molecule has 1 heterocycles. The maximum atomic E-state index is 13.1. The molecule has 0 bridgehead atoms. The van der Waals surface area contributed by atoms with E-state index < -0.39 is 12.0 Å². The van der Waals surface area contributed by atoms with Crippen LogP contribution in [0.15, 0.2) is 22.7 Å². The molecule has 2 rings (SSSR count). The van der Waals surface area contributed by atoms with Crippen LogP contribution in [0.25, 0.3) is 0 Å². The van der Waals surface area contributed by atoms with E-state index in [1.165, 1.54) is 12.1 Å². The zero-order valence-corrected chi connectivity index (χ0v) is 10.7. The Morgan fingerprint density at radius 3 is 2.94 bits per heavy atom. The Balaban J connectivity index is 2.02. The fraction of sp³-hybridized carbons (Fsp3) is 0.417. The predicted molar refractivity (Wildman–Crippen MR) is 65.4 cm³/mol. The molecule has 2 N–H and O–H groups in total. The summed E-state index contributed by atoms with van der Waals surface area (Å²) in [5.41, 5.74) is 0.869. The third-order valence-electron chi connectivity index (χ3n) is 3.01. The molecule has 1 aliphatic rings. The summed E-state index contributed by atoms with van der Waals surface area (Å²) in [6.07, 6.45) is 2.08. The van der Waals surface area contributed by atoms with Crippen LogP contribution in [0.3, 0.4) is 0 Å². The van der Waals surface area contributed by atoms with Crippen molar-refractivity contribution >= 4 is 21.9 Å². The van der Waals surface area contributed by atoms with Crippen molar-refractivity contribution in [3.05, 3.63) is 34.1 Å². The molecule has 2 atom stereocenters. The van der Waals surface area contributed by atoms with Gasteiger partial charge >= 0.3 is 5.97 Å². The van der Waals surface area contributed by atoms with Crippen molar-refractivity contribution in [2.45, 2.75) is 31.3 Å². The van der Waals surface area contributed by atoms with Gasteiger partial charge in [0, 0.05) is 10.5 Å². The molecule has 1 aromatic carbocycles. The molecule has 0 saturated carbocycles. The summed E-state index contributed by atoms with van der Waals surface area (Å²) >= 11 is 3.37. The van der Waals surface area contributed by atoms with Crippen LogP contribution in [-0.4, -0.2) is 23.2 Å². The molecule has 92 valence electrons. The quantitative estimate of drug-likeness (QED) is 0.901. The van der Waals surface area contributed by atoms with Crippen molar-refractivity contribution in [1.29, 1.82) is 0 Å². The van der Waals surface area contributed by atoms with Gasteiger partial charge in [0.15, 0.2) is 0 Å². The number of halogens is 2. The van der Waals surface area contributed by atoms with E-state index in [1.54, 1.807) is 6.07 Å². The minimum absolute atomic E-state index is 0.106. The number of hydrogen-bond donors (Lipinski definition) is 2. The second-order valence-electron chi connectivity index (χ2n) is 4.27. The lowest BCUT2D eigenvalue weighted by Crippen LogP contribution is -2.36. The van der Waals surface area contributed by atoms with Gasteiger partial charge in [-0.1, -0.05) is 15.9 Å². The first-order chi connectivity index (χ1) is 8.06. The van der Waals surface area contributed by atoms with Crippen molar-refractivity contribution in [2.75, 3.05) is 0 Å². The van der Waals surface area contributed by atoms with Crippen LogP contribution in [0.2, 0.25) is 0 Å². The lowest BCUT2D eigenvalue weighted by atomic mass is 10.0. The molecular weight excluding hydrogens is 289 g/mol. The number of rotatable bonds is 3. The second-order valence-corrected chi connectivity index (χ2v) is 5.13. The molecule has 0 aromatic heterocycles. The fourth-order valence-corrected chi connectivity index (χ4v) is 2.55. The van der Waals surface area contributed by atoms with Gasteiger partial charge < -0.3 is 10.4 Å². The molecule has 1 fully saturated rings. The van der Waals surface area contributed by atoms with E-state index in [0.29, 0.717) is 12.8 Å². The molecule has 1 aliphatic heterocycles. The topological polar surface area (TPSA) is 49.3 Å². The molecule has 0 aliphatic carbocycles. The van der Waals surface area contributed by atoms with Crippen LogP contribution in [0.1, 0.15) is 18.4 Å². The Labute approximate surface area is 107 Å². The molecule has 2 unspecified atom stereocenters. The minimum atomic E-state index is -0.814. The Bertz CT molecular complexity index is 439. The van der Waals surface area contributed by atoms with Crippen molar-refractivity contribution < 1.29 is 14.3 Å². The average Bonchev–Trinajstić information content (AvgIpc) is 2.72. The molecular formula is C12H13BrFNO2. The SMILES string of the molecule is O=C(O)C1CCC(Cc2cc(F)ccc2Br)N1. The highest BCUT2D eigenvalue weighted by atomic mass is 79.9. The third kappa shape index (κ3) is 3.04. The summed E-state index contributed by atoms with van der Waals surface area (Å²) in [5, 5.41) is 11.9. The number of carbonyl (C=O) groups is 1. The van der Waals surface area contributed by atoms with E-state index in [1.807, 2.05) is 0 Å². The summed E-state index contributed by atoms with van der Waals surface area (Å²) in [6, 6.07) is 4.20. The van der Waals surface area contributed by atoms with Crippen LogP contribution >= 0.6 is 15.9 Å². The van der Waals surface area contributed by atoms with E-state index in [2.05, 4.69) is 21.2 Å². The normalized spacial score (nSPS) is 23.9. The lowest BCUT2D eigenvalue weighted by molar-refractivity contribution is -0.139. The Hall–Kier alpha value is -0.940. The third-order valence-corrected chi connectivity index (χ3v) is 3.79. The first kappa shape index (κ1) is 12.5. The summed E-state index contributed by atoms with van der Waals surface area (Å²) in [7, 11) is 0. The van der Waals surface area contributed by atoms with E-state index in [0.717, 1.165) is 16.5 Å². The standard InChI is InChI=1S/C12H13BrFNO2/c13-10-3-1-8(14)5-7(10)6-9-2-4-11(15-9)12(16)17/h1,3,5,9,11,15H,2,4,6H2,(H,16,17). The summed E-state index contributed by atoms with van der Waals surface area (Å²) in [6.45, 7) is 0. The van der Waals surface area contributed by atoms with Crippen LogP contribution < -0.4 is 5.32 Å². The van der Waals surface area contributed by atoms with Gasteiger partial charge in [0.1, 0.15) is 11.9 Å². The predicted octanol–water partition coefficient (Wildman–Crippen LogP) is 2.34. The number of aliphatic carboxylic acids is 1. The summed E-state index contributed by atoms with van der Waals surface area (Å²) in [4.78, 5) is 10.8. The number of carboxylic acids is 1. The number of nitrogens with one attached hydrogen (secondary N) is 1. The molecule has 0 spiro atoms. The molecule has 5 heteroatoms. The summed E-state index contributed by atoms with van der Waals surface area (Å²) in [5.74, 6) is -1.08. The van der Waals surface area contributed by atoms with Crippen LogP contribution in [-0.2, 0) is 11.2 Å². The highest BCUT2D eigenvalue weighted by Gasteiger charge is 2.28. The van der Waals surface area contributed by atoms with Crippen LogP contribution in [0.4, 0.5) is 4.39 Å². The smallest absolute Gasteiger partial charge is 0.320 e. The Morgan fingerprint density at radius 1 is 1.53 bits per heavy atom. The van der Waals surface area contributed by atoms with E-state index in [9.17, 15) is 9.18 Å². The van der Waals surface area contributed by atoms with E-state index >= 15 is 0 Å². The number of benzene rings is 1. The zero-order valence-electron chi connectivity index (χ0n) is 9.12. The monoisotopic (exact) mass is 301 g/mol. The van der Waals surface area contributed by atoms with E-state index in [4.69, 9.17) is 5.11 Å². The first-order valence-corrected chi connectivity index (χ1v) is 6.28. The van der Waals surface area contributed by atoms with Gasteiger partial charge in [-0.3, -0.25) is 4.79 Å². The molecule has 3 nitrogen and oxygen atoms in total. The van der Waals surface area contributed by atoms with Gasteiger partial charge in [0.05, 0.1) is 0 Å². The maximum Gasteiger partial charge on any atom is 0.320 e. The average molecular weight is 302 g/mol. The van der Waals surface area contributed by atoms with Gasteiger partial charge in [-0.2, -0.15) is 0 Å². The van der Waals surface area contributed by atoms with Gasteiger partial charge in [-0.25, -0.2) is 4.39 Å².